The van der Waals surface area contributed by atoms with Crippen LogP contribution >= 0.6 is 0 Å². The fourth-order valence-corrected chi connectivity index (χ4v) is 4.83. The summed E-state index contributed by atoms with van der Waals surface area (Å²) in [5, 5.41) is 30.5. The minimum absolute atomic E-state index is 0.141. The molecule has 1 aliphatic rings. The number of hydrogen-bond acceptors (Lipinski definition) is 5. The zero-order valence-electron chi connectivity index (χ0n) is 20.9. The van der Waals surface area contributed by atoms with Crippen LogP contribution in [-0.4, -0.2) is 45.4 Å². The second-order valence-electron chi connectivity index (χ2n) is 12.3. The minimum atomic E-state index is -2.02. The summed E-state index contributed by atoms with van der Waals surface area (Å²) in [6, 6.07) is 0. The summed E-state index contributed by atoms with van der Waals surface area (Å²) in [5.41, 5.74) is -0.903. The molecule has 1 saturated heterocycles. The number of ether oxygens (including phenoxy) is 1. The minimum Gasteiger partial charge on any atom is -0.371 e. The van der Waals surface area contributed by atoms with Crippen molar-refractivity contribution in [3.8, 4) is 0 Å². The topological polar surface area (TPSA) is 99.0 Å². The Morgan fingerprint density at radius 1 is 1.07 bits per heavy atom. The van der Waals surface area contributed by atoms with Gasteiger partial charge in [0, 0.05) is 5.92 Å². The highest BCUT2D eigenvalue weighted by atomic mass is 16.5. The van der Waals surface area contributed by atoms with Crippen LogP contribution < -0.4 is 5.32 Å². The van der Waals surface area contributed by atoms with E-state index in [-0.39, 0.29) is 16.9 Å². The molecule has 1 amide bonds. The van der Waals surface area contributed by atoms with E-state index in [9.17, 15) is 20.1 Å². The highest BCUT2D eigenvalue weighted by Gasteiger charge is 2.59. The quantitative estimate of drug-likeness (QED) is 0.440. The lowest BCUT2D eigenvalue weighted by molar-refractivity contribution is -0.157. The highest BCUT2D eigenvalue weighted by Crippen LogP contribution is 2.57. The summed E-state index contributed by atoms with van der Waals surface area (Å²) in [6.45, 7) is 21.5. The summed E-state index contributed by atoms with van der Waals surface area (Å²) >= 11 is 0. The molecule has 6 heteroatoms. The van der Waals surface area contributed by atoms with Gasteiger partial charge in [-0.2, -0.15) is 0 Å². The molecule has 1 aliphatic heterocycles. The van der Waals surface area contributed by atoms with E-state index in [4.69, 9.17) is 4.74 Å². The van der Waals surface area contributed by atoms with Crippen LogP contribution in [0.25, 0.3) is 0 Å². The maximum absolute atomic E-state index is 13.0. The third kappa shape index (κ3) is 6.41. The highest BCUT2D eigenvalue weighted by molar-refractivity contribution is 5.79. The second kappa shape index (κ2) is 9.43. The van der Waals surface area contributed by atoms with Crippen LogP contribution in [0.2, 0.25) is 0 Å². The largest absolute Gasteiger partial charge is 0.371 e. The van der Waals surface area contributed by atoms with Crippen molar-refractivity contribution in [3.63, 3.8) is 0 Å². The van der Waals surface area contributed by atoms with E-state index in [0.717, 1.165) is 19.3 Å². The van der Waals surface area contributed by atoms with Gasteiger partial charge in [-0.25, -0.2) is 0 Å². The van der Waals surface area contributed by atoms with Crippen molar-refractivity contribution in [1.82, 2.24) is 5.32 Å². The van der Waals surface area contributed by atoms with Gasteiger partial charge in [-0.05, 0) is 48.3 Å². The van der Waals surface area contributed by atoms with Crippen LogP contribution in [0, 0.1) is 28.1 Å². The van der Waals surface area contributed by atoms with E-state index < -0.39 is 35.4 Å². The normalized spacial score (nSPS) is 29.1. The fraction of sp³-hybridized carbons (Fsp3) is 0.958. The molecular formula is C24H47NO5. The molecule has 0 aromatic carbocycles. The summed E-state index contributed by atoms with van der Waals surface area (Å²) in [6.07, 6.45) is -0.0266. The maximum atomic E-state index is 13.0. The third-order valence-corrected chi connectivity index (χ3v) is 7.08. The number of carbonyl (C=O) groups is 1. The average molecular weight is 430 g/mol. The van der Waals surface area contributed by atoms with Crippen LogP contribution in [0.3, 0.4) is 0 Å². The van der Waals surface area contributed by atoms with E-state index in [1.54, 1.807) is 0 Å². The van der Waals surface area contributed by atoms with Crippen LogP contribution in [0.1, 0.15) is 94.9 Å². The molecular weight excluding hydrogens is 382 g/mol. The molecule has 4 N–H and O–H groups in total. The molecule has 30 heavy (non-hydrogen) atoms. The van der Waals surface area contributed by atoms with Gasteiger partial charge in [0.25, 0.3) is 0 Å². The van der Waals surface area contributed by atoms with Gasteiger partial charge in [-0.3, -0.25) is 4.79 Å². The maximum Gasteiger partial charge on any atom is 0.225 e. The van der Waals surface area contributed by atoms with Crippen molar-refractivity contribution in [1.29, 1.82) is 0 Å². The molecule has 0 bridgehead atoms. The molecule has 0 aromatic rings. The van der Waals surface area contributed by atoms with Crippen molar-refractivity contribution in [2.45, 2.75) is 119 Å². The third-order valence-electron chi connectivity index (χ3n) is 7.08. The molecule has 0 radical (unpaired) electrons. The van der Waals surface area contributed by atoms with E-state index in [2.05, 4.69) is 53.8 Å². The molecule has 5 atom stereocenters. The number of hydrogen-bond donors (Lipinski definition) is 4. The van der Waals surface area contributed by atoms with E-state index in [0.29, 0.717) is 12.3 Å². The van der Waals surface area contributed by atoms with Gasteiger partial charge in [0.1, 0.15) is 0 Å². The number of rotatable bonds is 8. The smallest absolute Gasteiger partial charge is 0.225 e. The Morgan fingerprint density at radius 2 is 1.60 bits per heavy atom. The lowest BCUT2D eigenvalue weighted by atomic mass is 9.60. The molecule has 178 valence electrons. The summed E-state index contributed by atoms with van der Waals surface area (Å²) < 4.78 is 6.75. The monoisotopic (exact) mass is 429 g/mol. The van der Waals surface area contributed by atoms with Gasteiger partial charge >= 0.3 is 0 Å². The first-order valence-corrected chi connectivity index (χ1v) is 11.4. The Morgan fingerprint density at radius 3 is 2.00 bits per heavy atom. The first-order valence-electron chi connectivity index (χ1n) is 11.4. The van der Waals surface area contributed by atoms with Crippen LogP contribution in [-0.2, 0) is 9.53 Å². The summed E-state index contributed by atoms with van der Waals surface area (Å²) in [4.78, 5) is 13.0. The SMILES string of the molecule is CCCC1OC(C)(CC(C(=O)NC(O)C(O)O)C(C)(C)C)C(C)(C)C1CC(C)(C)C. The molecule has 6 nitrogen and oxygen atoms in total. The number of aliphatic hydroxyl groups excluding tert-OH is 2. The molecule has 5 unspecified atom stereocenters. The molecule has 0 aliphatic carbocycles. The lowest BCUT2D eigenvalue weighted by Crippen LogP contribution is -2.52. The predicted octanol–water partition coefficient (Wildman–Crippen LogP) is 3.82. The Balaban J connectivity index is 3.25. The van der Waals surface area contributed by atoms with Crippen LogP contribution in [0.4, 0.5) is 0 Å². The Bertz CT molecular complexity index is 575. The fourth-order valence-electron chi connectivity index (χ4n) is 4.83. The van der Waals surface area contributed by atoms with Crippen molar-refractivity contribution in [3.05, 3.63) is 0 Å². The molecule has 1 rings (SSSR count). The van der Waals surface area contributed by atoms with Crippen molar-refractivity contribution in [2.75, 3.05) is 0 Å². The van der Waals surface area contributed by atoms with Gasteiger partial charge in [-0.1, -0.05) is 68.7 Å². The Hall–Kier alpha value is -0.690. The van der Waals surface area contributed by atoms with Crippen molar-refractivity contribution in [2.24, 2.45) is 28.1 Å². The average Bonchev–Trinajstić information content (AvgIpc) is 2.71. The lowest BCUT2D eigenvalue weighted by Gasteiger charge is -2.45. The van der Waals surface area contributed by atoms with Gasteiger partial charge in [0.05, 0.1) is 11.7 Å². The van der Waals surface area contributed by atoms with Crippen LogP contribution in [0.15, 0.2) is 0 Å². The summed E-state index contributed by atoms with van der Waals surface area (Å²) in [7, 11) is 0. The second-order valence-corrected chi connectivity index (χ2v) is 12.3. The van der Waals surface area contributed by atoms with Crippen molar-refractivity contribution < 1.29 is 24.9 Å². The summed E-state index contributed by atoms with van der Waals surface area (Å²) in [5.74, 6) is -0.489. The van der Waals surface area contributed by atoms with E-state index in [1.165, 1.54) is 0 Å². The first kappa shape index (κ1) is 27.3. The Kier molecular flexibility index (Phi) is 8.60. The van der Waals surface area contributed by atoms with E-state index in [1.807, 2.05) is 20.8 Å². The molecule has 1 fully saturated rings. The van der Waals surface area contributed by atoms with Gasteiger partial charge in [-0.15, -0.1) is 0 Å². The van der Waals surface area contributed by atoms with Gasteiger partial charge < -0.3 is 25.4 Å². The van der Waals surface area contributed by atoms with Crippen molar-refractivity contribution >= 4 is 5.91 Å². The molecule has 0 saturated carbocycles. The van der Waals surface area contributed by atoms with Crippen LogP contribution in [0.5, 0.6) is 0 Å². The number of carbonyl (C=O) groups excluding carboxylic acids is 1. The number of aliphatic hydroxyl groups is 3. The molecule has 0 aromatic heterocycles. The first-order chi connectivity index (χ1) is 13.4. The standard InChI is InChI=1S/C24H47NO5/c1-11-12-17-15(13-21(2,3)4)23(8,9)24(10,30-17)14-16(22(5,6)7)18(26)25-19(27)20(28)29/h15-17,19-20,27-29H,11-14H2,1-10H3,(H,25,26). The number of amides is 1. The molecule has 1 heterocycles. The van der Waals surface area contributed by atoms with E-state index >= 15 is 0 Å². The molecule has 0 spiro atoms. The van der Waals surface area contributed by atoms with Gasteiger partial charge in [0.2, 0.25) is 5.91 Å². The Labute approximate surface area is 183 Å². The van der Waals surface area contributed by atoms with Gasteiger partial charge in [0.15, 0.2) is 12.5 Å². The number of nitrogens with one attached hydrogen (secondary N) is 1. The zero-order valence-corrected chi connectivity index (χ0v) is 20.9. The zero-order chi connectivity index (χ0) is 23.7. The predicted molar refractivity (Wildman–Crippen MR) is 119 cm³/mol.